The van der Waals surface area contributed by atoms with Gasteiger partial charge in [0.1, 0.15) is 11.3 Å². The number of unbranched alkanes of at least 4 members (excludes halogenated alkanes) is 16. The fraction of sp³-hybridized carbons (Fsp3) is 0.781. The molecule has 0 radical (unpaired) electrons. The van der Waals surface area contributed by atoms with Crippen LogP contribution in [-0.2, 0) is 12.8 Å². The van der Waals surface area contributed by atoms with Crippen LogP contribution in [0.4, 0.5) is 0 Å². The number of carboxylic acid groups (broad SMARTS) is 1. The summed E-state index contributed by atoms with van der Waals surface area (Å²) in [5.74, 6) is -1.79. The average Bonchev–Trinajstić information content (AvgIpc) is 2.88. The van der Waals surface area contributed by atoms with Crippen LogP contribution in [0, 0.1) is 0 Å². The Hall–Kier alpha value is -1.91. The number of carbonyl (C=O) groups is 1. The van der Waals surface area contributed by atoms with Gasteiger partial charge in [-0.1, -0.05) is 124 Å². The molecular formula is C32H56O5. The molecule has 0 heterocycles. The Bertz CT molecular complexity index is 743. The average molecular weight is 521 g/mol. The van der Waals surface area contributed by atoms with Gasteiger partial charge < -0.3 is 20.1 Å². The number of hydrogen-bond acceptors (Lipinski definition) is 4. The van der Waals surface area contributed by atoms with Crippen molar-refractivity contribution in [3.05, 3.63) is 16.7 Å². The van der Waals surface area contributed by atoms with E-state index >= 15 is 0 Å². The largest absolute Gasteiger partial charge is 0.504 e. The maximum absolute atomic E-state index is 12.2. The molecule has 5 heteroatoms. The van der Waals surface area contributed by atoms with E-state index < -0.39 is 11.7 Å². The molecule has 0 aliphatic heterocycles. The van der Waals surface area contributed by atoms with Gasteiger partial charge in [-0.15, -0.1) is 0 Å². The smallest absolute Gasteiger partial charge is 0.343 e. The molecule has 214 valence electrons. The first-order chi connectivity index (χ1) is 18.0. The predicted molar refractivity (Wildman–Crippen MR) is 154 cm³/mol. The van der Waals surface area contributed by atoms with Gasteiger partial charge in [0.2, 0.25) is 0 Å². The maximum Gasteiger partial charge on any atom is 0.343 e. The van der Waals surface area contributed by atoms with Gasteiger partial charge in [-0.05, 0) is 32.1 Å². The van der Waals surface area contributed by atoms with Gasteiger partial charge in [-0.25, -0.2) is 4.79 Å². The van der Waals surface area contributed by atoms with Crippen LogP contribution in [0.1, 0.15) is 164 Å². The Labute approximate surface area is 227 Å². The van der Waals surface area contributed by atoms with Crippen LogP contribution in [-0.4, -0.2) is 27.9 Å². The molecule has 0 atom stereocenters. The monoisotopic (exact) mass is 520 g/mol. The minimum absolute atomic E-state index is 0.268. The summed E-state index contributed by atoms with van der Waals surface area (Å²) in [7, 11) is 0. The van der Waals surface area contributed by atoms with Crippen LogP contribution in [0.2, 0.25) is 0 Å². The molecule has 0 saturated carbocycles. The van der Waals surface area contributed by atoms with Crippen LogP contribution < -0.4 is 4.74 Å². The molecule has 0 aromatic heterocycles. The molecule has 5 nitrogen and oxygen atoms in total. The van der Waals surface area contributed by atoms with Crippen molar-refractivity contribution in [1.29, 1.82) is 0 Å². The van der Waals surface area contributed by atoms with Crippen LogP contribution in [0.3, 0.4) is 0 Å². The zero-order chi connectivity index (χ0) is 27.3. The number of phenols is 2. The third kappa shape index (κ3) is 12.9. The Morgan fingerprint density at radius 2 is 0.973 bits per heavy atom. The minimum atomic E-state index is -1.25. The minimum Gasteiger partial charge on any atom is -0.504 e. The van der Waals surface area contributed by atoms with Gasteiger partial charge >= 0.3 is 5.97 Å². The SMILES string of the molecule is CCCCCCCCCOc1c(CCCCCCCC)c(CCCCCCCC)c(O)c(O)c1C(=O)O. The van der Waals surface area contributed by atoms with Crippen molar-refractivity contribution in [2.75, 3.05) is 6.61 Å². The molecule has 0 unspecified atom stereocenters. The third-order valence-corrected chi connectivity index (χ3v) is 7.38. The van der Waals surface area contributed by atoms with Gasteiger partial charge in [0.15, 0.2) is 11.5 Å². The lowest BCUT2D eigenvalue weighted by atomic mass is 9.91. The van der Waals surface area contributed by atoms with Crippen molar-refractivity contribution in [2.45, 2.75) is 156 Å². The molecule has 0 aliphatic carbocycles. The second kappa shape index (κ2) is 21.1. The first kappa shape index (κ1) is 33.1. The van der Waals surface area contributed by atoms with E-state index in [1.54, 1.807) is 0 Å². The van der Waals surface area contributed by atoms with Crippen LogP contribution in [0.25, 0.3) is 0 Å². The lowest BCUT2D eigenvalue weighted by Crippen LogP contribution is -2.11. The number of aromatic carboxylic acids is 1. The lowest BCUT2D eigenvalue weighted by molar-refractivity contribution is 0.0687. The Morgan fingerprint density at radius 1 is 0.568 bits per heavy atom. The quantitative estimate of drug-likeness (QED) is 0.0932. The fourth-order valence-corrected chi connectivity index (χ4v) is 5.09. The fourth-order valence-electron chi connectivity index (χ4n) is 5.09. The number of rotatable bonds is 24. The number of phenolic OH excluding ortho intramolecular Hbond substituents is 1. The summed E-state index contributed by atoms with van der Waals surface area (Å²) >= 11 is 0. The standard InChI is InChI=1S/C32H56O5/c1-4-7-10-13-16-19-22-25-37-31-27(24-21-18-15-12-9-6-3)26(23-20-17-14-11-8-5-2)29(33)30(34)28(31)32(35)36/h33-34H,4-25H2,1-3H3,(H,35,36). The molecule has 0 saturated heterocycles. The lowest BCUT2D eigenvalue weighted by Gasteiger charge is -2.21. The Morgan fingerprint density at radius 3 is 1.43 bits per heavy atom. The summed E-state index contributed by atoms with van der Waals surface area (Å²) in [6.07, 6.45) is 22.9. The van der Waals surface area contributed by atoms with E-state index in [4.69, 9.17) is 4.74 Å². The van der Waals surface area contributed by atoms with Gasteiger partial charge in [-0.3, -0.25) is 0 Å². The highest BCUT2D eigenvalue weighted by atomic mass is 16.5. The molecule has 0 aliphatic rings. The van der Waals surface area contributed by atoms with Gasteiger partial charge in [-0.2, -0.15) is 0 Å². The molecule has 0 spiro atoms. The summed E-state index contributed by atoms with van der Waals surface area (Å²) in [6.45, 7) is 7.05. The van der Waals surface area contributed by atoms with E-state index in [-0.39, 0.29) is 17.1 Å². The highest BCUT2D eigenvalue weighted by Gasteiger charge is 2.28. The maximum atomic E-state index is 12.2. The van der Waals surface area contributed by atoms with E-state index in [0.29, 0.717) is 25.0 Å². The molecule has 0 amide bonds. The first-order valence-corrected chi connectivity index (χ1v) is 15.4. The van der Waals surface area contributed by atoms with Gasteiger partial charge in [0.25, 0.3) is 0 Å². The van der Waals surface area contributed by atoms with E-state index in [9.17, 15) is 20.1 Å². The molecule has 1 rings (SSSR count). The first-order valence-electron chi connectivity index (χ1n) is 15.4. The van der Waals surface area contributed by atoms with E-state index in [2.05, 4.69) is 20.8 Å². The topological polar surface area (TPSA) is 87.0 Å². The van der Waals surface area contributed by atoms with Crippen molar-refractivity contribution in [1.82, 2.24) is 0 Å². The predicted octanol–water partition coefficient (Wildman–Crippen LogP) is 9.73. The van der Waals surface area contributed by atoms with Gasteiger partial charge in [0.05, 0.1) is 6.61 Å². The van der Waals surface area contributed by atoms with Crippen molar-refractivity contribution in [3.63, 3.8) is 0 Å². The molecule has 0 fully saturated rings. The van der Waals surface area contributed by atoms with Crippen molar-refractivity contribution >= 4 is 5.97 Å². The Kier molecular flexibility index (Phi) is 18.9. The van der Waals surface area contributed by atoms with E-state index in [1.807, 2.05) is 0 Å². The summed E-state index contributed by atoms with van der Waals surface area (Å²) in [4.78, 5) is 12.2. The Balaban J connectivity index is 3.03. The summed E-state index contributed by atoms with van der Waals surface area (Å²) in [5, 5.41) is 31.5. The van der Waals surface area contributed by atoms with Crippen molar-refractivity contribution in [2.24, 2.45) is 0 Å². The second-order valence-corrected chi connectivity index (χ2v) is 10.7. The summed E-state index contributed by atoms with van der Waals surface area (Å²) in [6, 6.07) is 0. The summed E-state index contributed by atoms with van der Waals surface area (Å²) in [5.41, 5.74) is 1.19. The highest BCUT2D eigenvalue weighted by Crippen LogP contribution is 2.44. The molecule has 1 aromatic rings. The van der Waals surface area contributed by atoms with Crippen LogP contribution in [0.5, 0.6) is 17.2 Å². The van der Waals surface area contributed by atoms with E-state index in [0.717, 1.165) is 63.4 Å². The zero-order valence-electron chi connectivity index (χ0n) is 24.2. The molecule has 37 heavy (non-hydrogen) atoms. The normalized spacial score (nSPS) is 11.2. The molecule has 0 bridgehead atoms. The summed E-state index contributed by atoms with van der Waals surface area (Å²) < 4.78 is 6.14. The number of carboxylic acids is 1. The number of ether oxygens (including phenoxy) is 1. The van der Waals surface area contributed by atoms with Crippen LogP contribution in [0.15, 0.2) is 0 Å². The zero-order valence-corrected chi connectivity index (χ0v) is 24.2. The number of benzene rings is 1. The molecule has 1 aromatic carbocycles. The van der Waals surface area contributed by atoms with Crippen molar-refractivity contribution in [3.8, 4) is 17.2 Å². The number of hydrogen-bond donors (Lipinski definition) is 3. The second-order valence-electron chi connectivity index (χ2n) is 10.7. The third-order valence-electron chi connectivity index (χ3n) is 7.38. The van der Waals surface area contributed by atoms with E-state index in [1.165, 1.54) is 64.2 Å². The van der Waals surface area contributed by atoms with Gasteiger partial charge in [0, 0.05) is 11.1 Å². The van der Waals surface area contributed by atoms with Crippen LogP contribution >= 0.6 is 0 Å². The molecular weight excluding hydrogens is 464 g/mol. The molecule has 3 N–H and O–H groups in total. The number of aromatic hydroxyl groups is 2. The highest BCUT2D eigenvalue weighted by molar-refractivity contribution is 5.96. The van der Waals surface area contributed by atoms with Crippen molar-refractivity contribution < 1.29 is 24.9 Å².